The fraction of sp³-hybridized carbons (Fsp3) is 0.219. The summed E-state index contributed by atoms with van der Waals surface area (Å²) in [5.74, 6) is 1.32. The molecule has 42 heavy (non-hydrogen) atoms. The Morgan fingerprint density at radius 1 is 0.976 bits per heavy atom. The first-order valence-electron chi connectivity index (χ1n) is 13.6. The summed E-state index contributed by atoms with van der Waals surface area (Å²) in [5.41, 5.74) is 4.24. The van der Waals surface area contributed by atoms with Crippen LogP contribution in [-0.4, -0.2) is 33.6 Å². The molecule has 0 radical (unpaired) electrons. The number of alkyl halides is 2. The highest BCUT2D eigenvalue weighted by molar-refractivity contribution is 5.95. The molecule has 1 aliphatic heterocycles. The van der Waals surface area contributed by atoms with E-state index in [1.807, 2.05) is 54.0 Å². The molecule has 0 saturated carbocycles. The lowest BCUT2D eigenvalue weighted by molar-refractivity contribution is -0.117. The van der Waals surface area contributed by atoms with Crippen molar-refractivity contribution in [2.45, 2.75) is 39.0 Å². The number of hydrogen-bond acceptors (Lipinski definition) is 5. The number of aromatic nitrogens is 3. The second kappa shape index (κ2) is 11.5. The third-order valence-electron chi connectivity index (χ3n) is 7.42. The SMILES string of the molecule is CC(c1ccccc1OC(F)F)n1c(COc2cccc(N3CCCC3=O)c2)nc2ccc(-c3ccc(=O)[nH]c3)cc21. The summed E-state index contributed by atoms with van der Waals surface area (Å²) in [4.78, 5) is 33.2. The summed E-state index contributed by atoms with van der Waals surface area (Å²) in [7, 11) is 0. The van der Waals surface area contributed by atoms with Gasteiger partial charge in [-0.15, -0.1) is 0 Å². The van der Waals surface area contributed by atoms with Crippen molar-refractivity contribution in [2.75, 3.05) is 11.4 Å². The Balaban J connectivity index is 1.40. The number of H-pyrrole nitrogens is 1. The van der Waals surface area contributed by atoms with Crippen molar-refractivity contribution in [1.82, 2.24) is 14.5 Å². The van der Waals surface area contributed by atoms with E-state index >= 15 is 0 Å². The highest BCUT2D eigenvalue weighted by atomic mass is 19.3. The van der Waals surface area contributed by atoms with Crippen LogP contribution in [0.5, 0.6) is 11.5 Å². The van der Waals surface area contributed by atoms with Gasteiger partial charge in [0.05, 0.1) is 17.1 Å². The number of nitrogens with zero attached hydrogens (tertiary/aromatic N) is 3. The number of benzene rings is 3. The van der Waals surface area contributed by atoms with Gasteiger partial charge >= 0.3 is 6.61 Å². The van der Waals surface area contributed by atoms with Crippen molar-refractivity contribution in [3.05, 3.63) is 107 Å². The van der Waals surface area contributed by atoms with Gasteiger partial charge in [-0.3, -0.25) is 9.59 Å². The van der Waals surface area contributed by atoms with Crippen molar-refractivity contribution in [2.24, 2.45) is 0 Å². The van der Waals surface area contributed by atoms with Gasteiger partial charge in [-0.05, 0) is 60.9 Å². The maximum atomic E-state index is 13.3. The summed E-state index contributed by atoms with van der Waals surface area (Å²) in [6, 6.07) is 22.5. The van der Waals surface area contributed by atoms with Gasteiger partial charge in [0.25, 0.3) is 0 Å². The van der Waals surface area contributed by atoms with Crippen molar-refractivity contribution in [1.29, 1.82) is 0 Å². The average molecular weight is 571 g/mol. The summed E-state index contributed by atoms with van der Waals surface area (Å²) in [5, 5.41) is 0. The number of anilines is 1. The quantitative estimate of drug-likeness (QED) is 0.224. The number of hydrogen-bond donors (Lipinski definition) is 1. The summed E-state index contributed by atoms with van der Waals surface area (Å²) in [6.45, 7) is -0.317. The van der Waals surface area contributed by atoms with E-state index in [0.29, 0.717) is 35.6 Å². The molecule has 10 heteroatoms. The first-order valence-corrected chi connectivity index (χ1v) is 13.6. The first kappa shape index (κ1) is 27.2. The van der Waals surface area contributed by atoms with Crippen molar-refractivity contribution in [3.63, 3.8) is 0 Å². The Hall–Kier alpha value is -4.99. The van der Waals surface area contributed by atoms with Crippen LogP contribution in [0.2, 0.25) is 0 Å². The highest BCUT2D eigenvalue weighted by Gasteiger charge is 2.24. The van der Waals surface area contributed by atoms with E-state index < -0.39 is 12.7 Å². The number of ether oxygens (including phenoxy) is 2. The van der Waals surface area contributed by atoms with Gasteiger partial charge in [0, 0.05) is 42.5 Å². The fourth-order valence-corrected chi connectivity index (χ4v) is 5.42. The van der Waals surface area contributed by atoms with Crippen LogP contribution in [-0.2, 0) is 11.4 Å². The number of imidazole rings is 1. The van der Waals surface area contributed by atoms with Gasteiger partial charge < -0.3 is 23.9 Å². The highest BCUT2D eigenvalue weighted by Crippen LogP contribution is 2.35. The van der Waals surface area contributed by atoms with Gasteiger partial charge in [0.2, 0.25) is 11.5 Å². The Kier molecular flexibility index (Phi) is 7.43. The smallest absolute Gasteiger partial charge is 0.387 e. The van der Waals surface area contributed by atoms with E-state index in [9.17, 15) is 18.4 Å². The van der Waals surface area contributed by atoms with Crippen LogP contribution in [0.1, 0.15) is 37.2 Å². The lowest BCUT2D eigenvalue weighted by atomic mass is 10.0. The number of pyridine rings is 1. The predicted molar refractivity (Wildman–Crippen MR) is 155 cm³/mol. The van der Waals surface area contributed by atoms with E-state index in [1.165, 1.54) is 12.1 Å². The van der Waals surface area contributed by atoms with Crippen LogP contribution in [0, 0.1) is 0 Å². The van der Waals surface area contributed by atoms with Crippen molar-refractivity contribution < 1.29 is 23.0 Å². The molecule has 1 N–H and O–H groups in total. The number of para-hydroxylation sites is 1. The molecule has 6 rings (SSSR count). The maximum absolute atomic E-state index is 13.3. The largest absolute Gasteiger partial charge is 0.486 e. The Morgan fingerprint density at radius 3 is 2.57 bits per heavy atom. The molecule has 5 aromatic rings. The molecule has 0 bridgehead atoms. The number of halogens is 2. The molecule has 3 heterocycles. The zero-order chi connectivity index (χ0) is 29.2. The van der Waals surface area contributed by atoms with E-state index in [-0.39, 0.29) is 23.8 Å². The first-order chi connectivity index (χ1) is 20.4. The minimum Gasteiger partial charge on any atom is -0.486 e. The minimum absolute atomic E-state index is 0.0773. The van der Waals surface area contributed by atoms with Crippen LogP contribution in [0.15, 0.2) is 89.9 Å². The molecule has 1 atom stereocenters. The van der Waals surface area contributed by atoms with Gasteiger partial charge in [0.15, 0.2) is 0 Å². The molecule has 0 spiro atoms. The summed E-state index contributed by atoms with van der Waals surface area (Å²) < 4.78 is 39.5. The lowest BCUT2D eigenvalue weighted by Gasteiger charge is -2.21. The molecule has 8 nitrogen and oxygen atoms in total. The zero-order valence-electron chi connectivity index (χ0n) is 22.8. The van der Waals surface area contributed by atoms with Gasteiger partial charge in [-0.25, -0.2) is 4.98 Å². The lowest BCUT2D eigenvalue weighted by Crippen LogP contribution is -2.23. The van der Waals surface area contributed by atoms with Crippen LogP contribution in [0.3, 0.4) is 0 Å². The molecule has 0 aliphatic carbocycles. The van der Waals surface area contributed by atoms with Crippen LogP contribution in [0.4, 0.5) is 14.5 Å². The van der Waals surface area contributed by atoms with Crippen molar-refractivity contribution >= 4 is 22.6 Å². The zero-order valence-corrected chi connectivity index (χ0v) is 22.8. The summed E-state index contributed by atoms with van der Waals surface area (Å²) >= 11 is 0. The number of rotatable bonds is 9. The second-order valence-corrected chi connectivity index (χ2v) is 10.1. The maximum Gasteiger partial charge on any atom is 0.387 e. The van der Waals surface area contributed by atoms with Crippen LogP contribution in [0.25, 0.3) is 22.2 Å². The number of aromatic amines is 1. The summed E-state index contributed by atoms with van der Waals surface area (Å²) in [6.07, 6.45) is 3.00. The van der Waals surface area contributed by atoms with Crippen LogP contribution < -0.4 is 19.9 Å². The van der Waals surface area contributed by atoms with Crippen molar-refractivity contribution in [3.8, 4) is 22.6 Å². The standard InChI is InChI=1S/C32H28F2N4O4/c1-20(25-8-2-3-9-28(25)42-32(33)34)38-27-16-21(22-12-14-30(39)35-18-22)11-13-26(27)36-29(38)19-41-24-7-4-6-23(17-24)37-15-5-10-31(37)40/h2-4,6-9,11-14,16-18,20,32H,5,10,15,19H2,1H3,(H,35,39). The van der Waals surface area contributed by atoms with E-state index in [4.69, 9.17) is 14.5 Å². The number of carbonyl (C=O) groups is 1. The number of amides is 1. The molecule has 1 unspecified atom stereocenters. The molecule has 214 valence electrons. The van der Waals surface area contributed by atoms with E-state index in [0.717, 1.165) is 28.8 Å². The third kappa shape index (κ3) is 5.47. The molecule has 1 amide bonds. The third-order valence-corrected chi connectivity index (χ3v) is 7.42. The predicted octanol–water partition coefficient (Wildman–Crippen LogP) is 6.31. The molecular weight excluding hydrogens is 542 g/mol. The topological polar surface area (TPSA) is 89.4 Å². The number of carbonyl (C=O) groups excluding carboxylic acids is 1. The number of nitrogens with one attached hydrogen (secondary N) is 1. The fourth-order valence-electron chi connectivity index (χ4n) is 5.42. The van der Waals surface area contributed by atoms with Gasteiger partial charge in [-0.1, -0.05) is 30.3 Å². The van der Waals surface area contributed by atoms with E-state index in [1.54, 1.807) is 35.4 Å². The minimum atomic E-state index is -2.97. The molecule has 1 fully saturated rings. The van der Waals surface area contributed by atoms with Gasteiger partial charge in [-0.2, -0.15) is 8.78 Å². The Bertz CT molecular complexity index is 1800. The Labute approximate surface area is 240 Å². The molecule has 1 saturated heterocycles. The van der Waals surface area contributed by atoms with Gasteiger partial charge in [0.1, 0.15) is 23.9 Å². The monoisotopic (exact) mass is 570 g/mol. The molecule has 2 aromatic heterocycles. The number of fused-ring (bicyclic) bond motifs is 1. The Morgan fingerprint density at radius 2 is 1.81 bits per heavy atom. The second-order valence-electron chi connectivity index (χ2n) is 10.1. The average Bonchev–Trinajstić information content (AvgIpc) is 3.59. The molecular formula is C32H28F2N4O4. The molecule has 3 aromatic carbocycles. The molecule has 1 aliphatic rings. The van der Waals surface area contributed by atoms with E-state index in [2.05, 4.69) is 4.98 Å². The normalized spacial score (nSPS) is 14.1. The van der Waals surface area contributed by atoms with Crippen LogP contribution >= 0.6 is 0 Å².